The van der Waals surface area contributed by atoms with Crippen LogP contribution in [0.3, 0.4) is 0 Å². The van der Waals surface area contributed by atoms with Gasteiger partial charge in [0.25, 0.3) is 0 Å². The van der Waals surface area contributed by atoms with Gasteiger partial charge in [-0.05, 0) is 26.8 Å². The van der Waals surface area contributed by atoms with Crippen LogP contribution in [0.4, 0.5) is 0 Å². The summed E-state index contributed by atoms with van der Waals surface area (Å²) in [6.07, 6.45) is 0.931. The SMILES string of the molecule is CCC(C)C(N)C(=O)NCCN(C)C(C)C. The Morgan fingerprint density at radius 1 is 1.38 bits per heavy atom. The fraction of sp³-hybridized carbons (Fsp3) is 0.917. The number of rotatable bonds is 7. The molecule has 4 heteroatoms. The maximum Gasteiger partial charge on any atom is 0.237 e. The summed E-state index contributed by atoms with van der Waals surface area (Å²) in [5.74, 6) is 0.203. The molecule has 0 aliphatic rings. The van der Waals surface area contributed by atoms with Crippen molar-refractivity contribution in [1.29, 1.82) is 0 Å². The summed E-state index contributed by atoms with van der Waals surface area (Å²) in [6, 6.07) is 0.120. The number of hydrogen-bond acceptors (Lipinski definition) is 3. The van der Waals surface area contributed by atoms with E-state index < -0.39 is 0 Å². The van der Waals surface area contributed by atoms with E-state index >= 15 is 0 Å². The molecular formula is C12H27N3O. The van der Waals surface area contributed by atoms with Gasteiger partial charge in [-0.3, -0.25) is 4.79 Å². The predicted molar refractivity (Wildman–Crippen MR) is 68.2 cm³/mol. The van der Waals surface area contributed by atoms with Gasteiger partial charge in [0.1, 0.15) is 0 Å². The van der Waals surface area contributed by atoms with E-state index in [1.165, 1.54) is 0 Å². The molecule has 0 heterocycles. The second-order valence-corrected chi connectivity index (χ2v) is 4.78. The molecule has 1 amide bonds. The maximum atomic E-state index is 11.6. The van der Waals surface area contributed by atoms with E-state index in [0.29, 0.717) is 12.6 Å². The van der Waals surface area contributed by atoms with E-state index in [9.17, 15) is 4.79 Å². The summed E-state index contributed by atoms with van der Waals surface area (Å²) in [5.41, 5.74) is 5.82. The highest BCUT2D eigenvalue weighted by molar-refractivity contribution is 5.81. The lowest BCUT2D eigenvalue weighted by atomic mass is 9.99. The van der Waals surface area contributed by atoms with Crippen molar-refractivity contribution in [2.24, 2.45) is 11.7 Å². The highest BCUT2D eigenvalue weighted by Crippen LogP contribution is 2.04. The number of nitrogens with two attached hydrogens (primary N) is 1. The molecule has 0 saturated heterocycles. The molecule has 0 bridgehead atoms. The monoisotopic (exact) mass is 229 g/mol. The van der Waals surface area contributed by atoms with Gasteiger partial charge < -0.3 is 16.0 Å². The van der Waals surface area contributed by atoms with Gasteiger partial charge >= 0.3 is 0 Å². The summed E-state index contributed by atoms with van der Waals surface area (Å²) in [7, 11) is 2.05. The molecule has 3 N–H and O–H groups in total. The minimum atomic E-state index is -0.380. The zero-order valence-electron chi connectivity index (χ0n) is 11.3. The molecule has 0 radical (unpaired) electrons. The zero-order valence-corrected chi connectivity index (χ0v) is 11.3. The summed E-state index contributed by atoms with van der Waals surface area (Å²) in [5, 5.41) is 2.88. The third-order valence-corrected chi connectivity index (χ3v) is 3.21. The summed E-state index contributed by atoms with van der Waals surface area (Å²) in [6.45, 7) is 9.84. The quantitative estimate of drug-likeness (QED) is 0.679. The van der Waals surface area contributed by atoms with Gasteiger partial charge in [0, 0.05) is 19.1 Å². The lowest BCUT2D eigenvalue weighted by Gasteiger charge is -2.22. The number of carbonyl (C=O) groups is 1. The first kappa shape index (κ1) is 15.4. The fourth-order valence-electron chi connectivity index (χ4n) is 1.24. The molecule has 0 aromatic rings. The lowest BCUT2D eigenvalue weighted by Crippen LogP contribution is -2.46. The first-order valence-corrected chi connectivity index (χ1v) is 6.13. The molecular weight excluding hydrogens is 202 g/mol. The van der Waals surface area contributed by atoms with Gasteiger partial charge in [0.15, 0.2) is 0 Å². The maximum absolute atomic E-state index is 11.6. The molecule has 0 fully saturated rings. The third kappa shape index (κ3) is 5.47. The van der Waals surface area contributed by atoms with Crippen LogP contribution in [0.25, 0.3) is 0 Å². The van der Waals surface area contributed by atoms with Crippen LogP contribution in [0.15, 0.2) is 0 Å². The van der Waals surface area contributed by atoms with Crippen LogP contribution in [0, 0.1) is 5.92 Å². The van der Waals surface area contributed by atoms with Crippen LogP contribution in [0.2, 0.25) is 0 Å². The number of amides is 1. The second-order valence-electron chi connectivity index (χ2n) is 4.78. The van der Waals surface area contributed by atoms with E-state index in [-0.39, 0.29) is 17.9 Å². The van der Waals surface area contributed by atoms with Crippen LogP contribution >= 0.6 is 0 Å². The Kier molecular flexibility index (Phi) is 7.34. The molecule has 0 rings (SSSR count). The van der Waals surface area contributed by atoms with E-state index in [0.717, 1.165) is 13.0 Å². The van der Waals surface area contributed by atoms with Crippen LogP contribution in [-0.2, 0) is 4.79 Å². The molecule has 0 aromatic heterocycles. The topological polar surface area (TPSA) is 58.4 Å². The van der Waals surface area contributed by atoms with Gasteiger partial charge in [-0.2, -0.15) is 0 Å². The van der Waals surface area contributed by atoms with E-state index in [1.54, 1.807) is 0 Å². The van der Waals surface area contributed by atoms with Crippen molar-refractivity contribution in [2.75, 3.05) is 20.1 Å². The highest BCUT2D eigenvalue weighted by atomic mass is 16.2. The number of nitrogens with zero attached hydrogens (tertiary/aromatic N) is 1. The van der Waals surface area contributed by atoms with Gasteiger partial charge in [0.05, 0.1) is 6.04 Å². The molecule has 0 spiro atoms. The van der Waals surface area contributed by atoms with Crippen LogP contribution < -0.4 is 11.1 Å². The van der Waals surface area contributed by atoms with E-state index in [1.807, 2.05) is 20.9 Å². The van der Waals surface area contributed by atoms with Crippen molar-refractivity contribution < 1.29 is 4.79 Å². The molecule has 0 aromatic carbocycles. The molecule has 2 unspecified atom stereocenters. The van der Waals surface area contributed by atoms with Crippen molar-refractivity contribution >= 4 is 5.91 Å². The molecule has 0 aliphatic heterocycles. The summed E-state index contributed by atoms with van der Waals surface area (Å²) in [4.78, 5) is 13.8. The van der Waals surface area contributed by atoms with Crippen LogP contribution in [0.5, 0.6) is 0 Å². The van der Waals surface area contributed by atoms with Crippen molar-refractivity contribution in [3.05, 3.63) is 0 Å². The molecule has 2 atom stereocenters. The molecule has 0 saturated carbocycles. The smallest absolute Gasteiger partial charge is 0.237 e. The zero-order chi connectivity index (χ0) is 12.7. The summed E-state index contributed by atoms with van der Waals surface area (Å²) < 4.78 is 0. The van der Waals surface area contributed by atoms with Crippen molar-refractivity contribution in [3.63, 3.8) is 0 Å². The van der Waals surface area contributed by atoms with Gasteiger partial charge in [-0.15, -0.1) is 0 Å². The van der Waals surface area contributed by atoms with Gasteiger partial charge in [-0.25, -0.2) is 0 Å². The first-order valence-electron chi connectivity index (χ1n) is 6.13. The lowest BCUT2D eigenvalue weighted by molar-refractivity contribution is -0.123. The largest absolute Gasteiger partial charge is 0.353 e. The fourth-order valence-corrected chi connectivity index (χ4v) is 1.24. The Morgan fingerprint density at radius 3 is 2.38 bits per heavy atom. The Balaban J connectivity index is 3.81. The molecule has 4 nitrogen and oxygen atoms in total. The Labute approximate surface area is 99.6 Å². The van der Waals surface area contributed by atoms with Crippen molar-refractivity contribution in [2.45, 2.75) is 46.2 Å². The van der Waals surface area contributed by atoms with Crippen molar-refractivity contribution in [3.8, 4) is 0 Å². The summed E-state index contributed by atoms with van der Waals surface area (Å²) >= 11 is 0. The second kappa shape index (κ2) is 7.63. The van der Waals surface area contributed by atoms with Gasteiger partial charge in [-0.1, -0.05) is 20.3 Å². The predicted octanol–water partition coefficient (Wildman–Crippen LogP) is 0.816. The number of nitrogens with one attached hydrogen (secondary N) is 1. The molecule has 96 valence electrons. The average Bonchev–Trinajstić information content (AvgIpc) is 2.26. The standard InChI is InChI=1S/C12H27N3O/c1-6-10(4)11(13)12(16)14-7-8-15(5)9(2)3/h9-11H,6-8,13H2,1-5H3,(H,14,16). The number of carbonyl (C=O) groups excluding carboxylic acids is 1. The highest BCUT2D eigenvalue weighted by Gasteiger charge is 2.18. The Bertz CT molecular complexity index is 206. The number of hydrogen-bond donors (Lipinski definition) is 2. The Hall–Kier alpha value is -0.610. The first-order chi connectivity index (χ1) is 7.40. The minimum absolute atomic E-state index is 0.0356. The number of likely N-dealkylation sites (N-methyl/N-ethyl adjacent to an activating group) is 1. The van der Waals surface area contributed by atoms with E-state index in [4.69, 9.17) is 5.73 Å². The average molecular weight is 229 g/mol. The van der Waals surface area contributed by atoms with Crippen LogP contribution in [-0.4, -0.2) is 43.0 Å². The normalized spacial score (nSPS) is 15.2. The third-order valence-electron chi connectivity index (χ3n) is 3.21. The van der Waals surface area contributed by atoms with Gasteiger partial charge in [0.2, 0.25) is 5.91 Å². The van der Waals surface area contributed by atoms with Crippen molar-refractivity contribution in [1.82, 2.24) is 10.2 Å². The molecule has 16 heavy (non-hydrogen) atoms. The van der Waals surface area contributed by atoms with E-state index in [2.05, 4.69) is 24.1 Å². The minimum Gasteiger partial charge on any atom is -0.353 e. The van der Waals surface area contributed by atoms with Crippen LogP contribution in [0.1, 0.15) is 34.1 Å². The molecule has 0 aliphatic carbocycles. The Morgan fingerprint density at radius 2 is 1.94 bits per heavy atom.